The van der Waals surface area contributed by atoms with Crippen molar-refractivity contribution in [3.8, 4) is 0 Å². The minimum absolute atomic E-state index is 0. The molecule has 1 fully saturated rings. The number of nitrogens with one attached hydrogen (secondary N) is 2. The fourth-order valence-corrected chi connectivity index (χ4v) is 2.65. The summed E-state index contributed by atoms with van der Waals surface area (Å²) in [7, 11) is 1.85. The van der Waals surface area contributed by atoms with Crippen LogP contribution in [0.15, 0.2) is 4.99 Å². The Hall–Kier alpha value is -0.0400. The van der Waals surface area contributed by atoms with Gasteiger partial charge in [-0.25, -0.2) is 0 Å². The zero-order chi connectivity index (χ0) is 14.5. The Morgan fingerprint density at radius 1 is 0.952 bits per heavy atom. The molecule has 1 aliphatic rings. The molecule has 0 aromatic rings. The second-order valence-electron chi connectivity index (χ2n) is 5.74. The predicted octanol–water partition coefficient (Wildman–Crippen LogP) is 3.23. The molecule has 5 heteroatoms. The highest BCUT2D eigenvalue weighted by Crippen LogP contribution is 2.07. The Kier molecular flexibility index (Phi) is 14.9. The summed E-state index contributed by atoms with van der Waals surface area (Å²) in [6.45, 7) is 8.21. The fraction of sp³-hybridized carbons (Fsp3) is 0.938. The van der Waals surface area contributed by atoms with Gasteiger partial charge in [-0.3, -0.25) is 4.99 Å². The third-order valence-electron chi connectivity index (χ3n) is 3.94. The van der Waals surface area contributed by atoms with Gasteiger partial charge in [0.05, 0.1) is 0 Å². The highest BCUT2D eigenvalue weighted by molar-refractivity contribution is 14.0. The number of aliphatic imine (C=N–C) groups is 1. The van der Waals surface area contributed by atoms with E-state index in [2.05, 4.69) is 27.4 Å². The maximum absolute atomic E-state index is 4.26. The Morgan fingerprint density at radius 3 is 2.14 bits per heavy atom. The van der Waals surface area contributed by atoms with Gasteiger partial charge in [-0.2, -0.15) is 0 Å². The van der Waals surface area contributed by atoms with Crippen molar-refractivity contribution in [3.63, 3.8) is 0 Å². The second-order valence-corrected chi connectivity index (χ2v) is 5.74. The van der Waals surface area contributed by atoms with Crippen LogP contribution in [0.5, 0.6) is 0 Å². The first kappa shape index (κ1) is 21.0. The molecule has 4 nitrogen and oxygen atoms in total. The topological polar surface area (TPSA) is 39.7 Å². The molecule has 2 N–H and O–H groups in total. The minimum atomic E-state index is 0. The van der Waals surface area contributed by atoms with E-state index in [1.165, 1.54) is 71.0 Å². The molecule has 0 unspecified atom stereocenters. The first-order valence-corrected chi connectivity index (χ1v) is 8.53. The number of nitrogens with zero attached hydrogens (tertiary/aromatic N) is 2. The van der Waals surface area contributed by atoms with Crippen LogP contribution >= 0.6 is 24.0 Å². The molecule has 0 amide bonds. The van der Waals surface area contributed by atoms with E-state index in [9.17, 15) is 0 Å². The molecular weight excluding hydrogens is 375 g/mol. The van der Waals surface area contributed by atoms with Gasteiger partial charge >= 0.3 is 0 Å². The molecule has 1 saturated heterocycles. The average Bonchev–Trinajstić information content (AvgIpc) is 2.97. The number of hydrogen-bond donors (Lipinski definition) is 2. The van der Waals surface area contributed by atoms with Gasteiger partial charge in [-0.05, 0) is 51.7 Å². The van der Waals surface area contributed by atoms with Crippen LogP contribution in [0.4, 0.5) is 0 Å². The monoisotopic (exact) mass is 410 g/mol. The van der Waals surface area contributed by atoms with Crippen molar-refractivity contribution in [2.75, 3.05) is 39.8 Å². The van der Waals surface area contributed by atoms with Crippen molar-refractivity contribution in [1.29, 1.82) is 0 Å². The normalized spacial score (nSPS) is 15.8. The Bertz CT molecular complexity index is 253. The fourth-order valence-electron chi connectivity index (χ4n) is 2.65. The van der Waals surface area contributed by atoms with Crippen LogP contribution in [0.3, 0.4) is 0 Å². The number of rotatable bonds is 10. The van der Waals surface area contributed by atoms with E-state index in [4.69, 9.17) is 0 Å². The molecule has 126 valence electrons. The second kappa shape index (κ2) is 14.9. The molecular formula is C16H35IN4. The summed E-state index contributed by atoms with van der Waals surface area (Å²) < 4.78 is 0. The van der Waals surface area contributed by atoms with Crippen molar-refractivity contribution in [1.82, 2.24) is 15.5 Å². The summed E-state index contributed by atoms with van der Waals surface area (Å²) in [5.74, 6) is 0.961. The predicted molar refractivity (Wildman–Crippen MR) is 104 cm³/mol. The maximum Gasteiger partial charge on any atom is 0.190 e. The molecule has 1 heterocycles. The van der Waals surface area contributed by atoms with Gasteiger partial charge in [0.1, 0.15) is 0 Å². The smallest absolute Gasteiger partial charge is 0.190 e. The number of unbranched alkanes of at least 4 members (excludes halogenated alkanes) is 4. The molecule has 0 atom stereocenters. The minimum Gasteiger partial charge on any atom is -0.356 e. The van der Waals surface area contributed by atoms with Gasteiger partial charge in [-0.1, -0.05) is 26.2 Å². The summed E-state index contributed by atoms with van der Waals surface area (Å²) in [6.07, 6.45) is 10.5. The number of likely N-dealkylation sites (tertiary alicyclic amines) is 1. The number of hydrogen-bond acceptors (Lipinski definition) is 2. The summed E-state index contributed by atoms with van der Waals surface area (Å²) in [5.41, 5.74) is 0. The van der Waals surface area contributed by atoms with Crippen molar-refractivity contribution in [3.05, 3.63) is 0 Å². The largest absolute Gasteiger partial charge is 0.356 e. The first-order chi connectivity index (χ1) is 9.86. The lowest BCUT2D eigenvalue weighted by Crippen LogP contribution is -2.38. The first-order valence-electron chi connectivity index (χ1n) is 8.53. The summed E-state index contributed by atoms with van der Waals surface area (Å²) in [4.78, 5) is 6.85. The zero-order valence-corrected chi connectivity index (χ0v) is 16.3. The third kappa shape index (κ3) is 11.2. The number of guanidine groups is 1. The highest BCUT2D eigenvalue weighted by Gasteiger charge is 2.09. The quantitative estimate of drug-likeness (QED) is 0.252. The molecule has 0 aromatic carbocycles. The summed E-state index contributed by atoms with van der Waals surface area (Å²) >= 11 is 0. The van der Waals surface area contributed by atoms with Crippen molar-refractivity contribution in [2.45, 2.75) is 58.3 Å². The van der Waals surface area contributed by atoms with Crippen molar-refractivity contribution < 1.29 is 0 Å². The molecule has 0 saturated carbocycles. The van der Waals surface area contributed by atoms with Crippen LogP contribution < -0.4 is 10.6 Å². The Morgan fingerprint density at radius 2 is 1.57 bits per heavy atom. The van der Waals surface area contributed by atoms with Crippen LogP contribution in [0.2, 0.25) is 0 Å². The molecule has 1 aliphatic heterocycles. The lowest BCUT2D eigenvalue weighted by Gasteiger charge is -2.15. The molecule has 21 heavy (non-hydrogen) atoms. The van der Waals surface area contributed by atoms with E-state index in [-0.39, 0.29) is 24.0 Å². The van der Waals surface area contributed by atoms with Gasteiger partial charge in [-0.15, -0.1) is 24.0 Å². The molecule has 0 aromatic heterocycles. The van der Waals surface area contributed by atoms with Gasteiger partial charge in [0, 0.05) is 20.1 Å². The summed E-state index contributed by atoms with van der Waals surface area (Å²) in [6, 6.07) is 0. The Balaban J connectivity index is 0.00000400. The molecule has 0 bridgehead atoms. The van der Waals surface area contributed by atoms with E-state index in [0.29, 0.717) is 0 Å². The number of halogens is 1. The Labute approximate surface area is 148 Å². The van der Waals surface area contributed by atoms with Crippen LogP contribution in [0.25, 0.3) is 0 Å². The van der Waals surface area contributed by atoms with Gasteiger partial charge in [0.2, 0.25) is 0 Å². The van der Waals surface area contributed by atoms with Gasteiger partial charge in [0.15, 0.2) is 5.96 Å². The third-order valence-corrected chi connectivity index (χ3v) is 3.94. The highest BCUT2D eigenvalue weighted by atomic mass is 127. The van der Waals surface area contributed by atoms with Crippen molar-refractivity contribution in [2.24, 2.45) is 4.99 Å². The molecule has 0 spiro atoms. The maximum atomic E-state index is 4.26. The van der Waals surface area contributed by atoms with E-state index < -0.39 is 0 Å². The van der Waals surface area contributed by atoms with Crippen LogP contribution in [-0.4, -0.2) is 50.6 Å². The summed E-state index contributed by atoms with van der Waals surface area (Å²) in [5, 5.41) is 6.79. The average molecular weight is 410 g/mol. The van der Waals surface area contributed by atoms with Crippen LogP contribution in [0.1, 0.15) is 58.3 Å². The van der Waals surface area contributed by atoms with Crippen LogP contribution in [0, 0.1) is 0 Å². The SMILES string of the molecule is CCCCCCNC(=NC)NCCCCN1CCCC1.I. The van der Waals surface area contributed by atoms with Crippen molar-refractivity contribution >= 4 is 29.9 Å². The standard InChI is InChI=1S/C16H34N4.HI/c1-3-4-5-6-11-18-16(17-2)19-12-7-8-13-20-14-9-10-15-20;/h3-15H2,1-2H3,(H2,17,18,19);1H. The van der Waals surface area contributed by atoms with Crippen LogP contribution in [-0.2, 0) is 0 Å². The zero-order valence-electron chi connectivity index (χ0n) is 14.0. The lowest BCUT2D eigenvalue weighted by atomic mass is 10.2. The lowest BCUT2D eigenvalue weighted by molar-refractivity contribution is 0.330. The van der Waals surface area contributed by atoms with Gasteiger partial charge in [0.25, 0.3) is 0 Å². The molecule has 0 radical (unpaired) electrons. The van der Waals surface area contributed by atoms with E-state index in [1.54, 1.807) is 0 Å². The van der Waals surface area contributed by atoms with E-state index in [0.717, 1.165) is 19.0 Å². The van der Waals surface area contributed by atoms with E-state index in [1.807, 2.05) is 7.05 Å². The van der Waals surface area contributed by atoms with Gasteiger partial charge < -0.3 is 15.5 Å². The molecule has 1 rings (SSSR count). The molecule has 0 aliphatic carbocycles. The van der Waals surface area contributed by atoms with E-state index >= 15 is 0 Å².